The second-order valence-electron chi connectivity index (χ2n) is 8.78. The number of para-hydroxylation sites is 2. The van der Waals surface area contributed by atoms with E-state index in [2.05, 4.69) is 10.2 Å². The molecule has 7 nitrogen and oxygen atoms in total. The first-order valence-corrected chi connectivity index (χ1v) is 12.0. The van der Waals surface area contributed by atoms with Gasteiger partial charge in [0.1, 0.15) is 0 Å². The van der Waals surface area contributed by atoms with Crippen molar-refractivity contribution in [2.75, 3.05) is 31.1 Å². The molecule has 3 aliphatic rings. The lowest BCUT2D eigenvalue weighted by Crippen LogP contribution is -2.51. The van der Waals surface area contributed by atoms with E-state index in [1.807, 2.05) is 43.0 Å². The van der Waals surface area contributed by atoms with Gasteiger partial charge >= 0.3 is 0 Å². The van der Waals surface area contributed by atoms with Gasteiger partial charge in [-0.25, -0.2) is 4.98 Å². The number of thiazole rings is 1. The van der Waals surface area contributed by atoms with E-state index in [4.69, 9.17) is 14.5 Å². The Morgan fingerprint density at radius 1 is 1.23 bits per heavy atom. The fourth-order valence-electron chi connectivity index (χ4n) is 4.75. The highest BCUT2D eigenvalue weighted by Gasteiger charge is 2.39. The Morgan fingerprint density at radius 3 is 2.71 bits per heavy atom. The molecular formula is C23H30N4O3S. The number of aromatic nitrogens is 1. The van der Waals surface area contributed by atoms with E-state index in [1.165, 1.54) is 23.4 Å². The van der Waals surface area contributed by atoms with Gasteiger partial charge in [0.2, 0.25) is 0 Å². The van der Waals surface area contributed by atoms with Crippen LogP contribution in [0.5, 0.6) is 11.5 Å². The molecule has 0 spiro atoms. The van der Waals surface area contributed by atoms with Crippen LogP contribution in [0, 0.1) is 0 Å². The lowest BCUT2D eigenvalue weighted by atomic mass is 10.2. The van der Waals surface area contributed by atoms with Crippen LogP contribution in [0.1, 0.15) is 37.3 Å². The molecule has 1 amide bonds. The predicted molar refractivity (Wildman–Crippen MR) is 121 cm³/mol. The number of hydrogen-bond acceptors (Lipinski definition) is 7. The van der Waals surface area contributed by atoms with Crippen LogP contribution in [0.15, 0.2) is 24.3 Å². The number of ether oxygens (including phenoxy) is 2. The fourth-order valence-corrected chi connectivity index (χ4v) is 6.01. The first-order valence-electron chi connectivity index (χ1n) is 11.2. The summed E-state index contributed by atoms with van der Waals surface area (Å²) in [4.78, 5) is 23.5. The van der Waals surface area contributed by atoms with Crippen molar-refractivity contribution in [2.45, 2.75) is 57.8 Å². The predicted octanol–water partition coefficient (Wildman–Crippen LogP) is 2.83. The number of piperazine rings is 1. The van der Waals surface area contributed by atoms with E-state index >= 15 is 0 Å². The Hall–Kier alpha value is -2.32. The molecule has 2 saturated heterocycles. The fraction of sp³-hybridized carbons (Fsp3) is 0.565. The third kappa shape index (κ3) is 4.23. The summed E-state index contributed by atoms with van der Waals surface area (Å²) in [5, 5.41) is 4.67. The lowest BCUT2D eigenvalue weighted by Gasteiger charge is -2.35. The van der Waals surface area contributed by atoms with E-state index in [-0.39, 0.29) is 18.6 Å². The Bertz CT molecular complexity index is 931. The van der Waals surface area contributed by atoms with E-state index in [0.29, 0.717) is 36.7 Å². The molecule has 8 heteroatoms. The van der Waals surface area contributed by atoms with Crippen molar-refractivity contribution >= 4 is 22.4 Å². The zero-order chi connectivity index (χ0) is 21.4. The molecule has 1 aromatic carbocycles. The molecule has 0 aliphatic carbocycles. The zero-order valence-electron chi connectivity index (χ0n) is 18.2. The highest BCUT2D eigenvalue weighted by Crippen LogP contribution is 2.38. The van der Waals surface area contributed by atoms with Gasteiger partial charge < -0.3 is 24.6 Å². The number of nitrogens with one attached hydrogen (secondary N) is 1. The van der Waals surface area contributed by atoms with Gasteiger partial charge in [-0.1, -0.05) is 23.5 Å². The van der Waals surface area contributed by atoms with Crippen molar-refractivity contribution in [3.8, 4) is 11.5 Å². The molecule has 4 heterocycles. The number of anilines is 1. The van der Waals surface area contributed by atoms with Crippen molar-refractivity contribution < 1.29 is 14.3 Å². The summed E-state index contributed by atoms with van der Waals surface area (Å²) in [6.07, 6.45) is 3.34. The molecular weight excluding hydrogens is 412 g/mol. The average molecular weight is 443 g/mol. The maximum absolute atomic E-state index is 12.9. The number of hydrogen-bond donors (Lipinski definition) is 1. The van der Waals surface area contributed by atoms with E-state index in [1.54, 1.807) is 11.3 Å². The molecule has 2 fully saturated rings. The number of fused-ring (bicyclic) bond motifs is 3. The minimum absolute atomic E-state index is 0.00203. The smallest absolute Gasteiger partial charge is 0.260 e. The molecule has 2 aromatic rings. The Labute approximate surface area is 187 Å². The number of rotatable bonds is 6. The minimum atomic E-state index is 0.00203. The molecule has 2 bridgehead atoms. The summed E-state index contributed by atoms with van der Waals surface area (Å²) in [5.41, 5.74) is 1.17. The summed E-state index contributed by atoms with van der Waals surface area (Å²) in [6, 6.07) is 8.63. The van der Waals surface area contributed by atoms with Crippen molar-refractivity contribution in [3.05, 3.63) is 34.8 Å². The maximum atomic E-state index is 12.9. The molecule has 0 saturated carbocycles. The summed E-state index contributed by atoms with van der Waals surface area (Å²) in [6.45, 7) is 7.37. The van der Waals surface area contributed by atoms with Crippen LogP contribution in [0.2, 0.25) is 0 Å². The minimum Gasteiger partial charge on any atom is -0.487 e. The zero-order valence-corrected chi connectivity index (χ0v) is 19.0. The highest BCUT2D eigenvalue weighted by molar-refractivity contribution is 7.15. The average Bonchev–Trinajstić information content (AvgIpc) is 3.28. The van der Waals surface area contributed by atoms with Crippen molar-refractivity contribution in [1.29, 1.82) is 0 Å². The Morgan fingerprint density at radius 2 is 1.97 bits per heavy atom. The van der Waals surface area contributed by atoms with Crippen LogP contribution in [0.25, 0.3) is 0 Å². The van der Waals surface area contributed by atoms with Crippen LogP contribution in [-0.4, -0.2) is 60.2 Å². The summed E-state index contributed by atoms with van der Waals surface area (Å²) in [5.74, 6) is 1.28. The van der Waals surface area contributed by atoms with Gasteiger partial charge in [-0.15, -0.1) is 0 Å². The van der Waals surface area contributed by atoms with Crippen molar-refractivity contribution in [2.24, 2.45) is 0 Å². The first kappa shape index (κ1) is 20.6. The van der Waals surface area contributed by atoms with E-state index in [0.717, 1.165) is 24.6 Å². The SMILES string of the molecule is CC(C)Oc1ccccc1OCC(=O)N1CCc2nc(N3C4CCC3CNC4)sc2C1. The quantitative estimate of drug-likeness (QED) is 0.742. The normalized spacial score (nSPS) is 22.5. The van der Waals surface area contributed by atoms with Crippen LogP contribution >= 0.6 is 11.3 Å². The van der Waals surface area contributed by atoms with Gasteiger partial charge in [-0.3, -0.25) is 4.79 Å². The first-order chi connectivity index (χ1) is 15.1. The largest absolute Gasteiger partial charge is 0.487 e. The molecule has 5 rings (SSSR count). The second kappa shape index (κ2) is 8.67. The monoisotopic (exact) mass is 442 g/mol. The number of amides is 1. The number of carbonyl (C=O) groups is 1. The summed E-state index contributed by atoms with van der Waals surface area (Å²) < 4.78 is 11.6. The summed E-state index contributed by atoms with van der Waals surface area (Å²) in [7, 11) is 0. The van der Waals surface area contributed by atoms with Crippen LogP contribution in [-0.2, 0) is 17.8 Å². The Kier molecular flexibility index (Phi) is 5.75. The van der Waals surface area contributed by atoms with Gasteiger partial charge in [-0.2, -0.15) is 0 Å². The topological polar surface area (TPSA) is 66.9 Å². The second-order valence-corrected chi connectivity index (χ2v) is 9.85. The van der Waals surface area contributed by atoms with Gasteiger partial charge in [0, 0.05) is 43.0 Å². The molecule has 0 radical (unpaired) electrons. The number of benzene rings is 1. The third-order valence-corrected chi connectivity index (χ3v) is 7.33. The van der Waals surface area contributed by atoms with Gasteiger partial charge in [-0.05, 0) is 38.8 Å². The third-order valence-electron chi connectivity index (χ3n) is 6.24. The van der Waals surface area contributed by atoms with Gasteiger partial charge in [0.05, 0.1) is 18.3 Å². The lowest BCUT2D eigenvalue weighted by molar-refractivity contribution is -0.134. The molecule has 31 heavy (non-hydrogen) atoms. The Balaban J connectivity index is 1.22. The van der Waals surface area contributed by atoms with E-state index in [9.17, 15) is 4.79 Å². The van der Waals surface area contributed by atoms with E-state index < -0.39 is 0 Å². The maximum Gasteiger partial charge on any atom is 0.260 e. The molecule has 2 atom stereocenters. The van der Waals surface area contributed by atoms with Crippen LogP contribution in [0.4, 0.5) is 5.13 Å². The van der Waals surface area contributed by atoms with Crippen LogP contribution < -0.4 is 19.7 Å². The molecule has 1 aromatic heterocycles. The van der Waals surface area contributed by atoms with Gasteiger partial charge in [0.25, 0.3) is 5.91 Å². The number of nitrogens with zero attached hydrogens (tertiary/aromatic N) is 3. The molecule has 166 valence electrons. The van der Waals surface area contributed by atoms with Crippen molar-refractivity contribution in [1.82, 2.24) is 15.2 Å². The number of carbonyl (C=O) groups excluding carboxylic acids is 1. The molecule has 3 aliphatic heterocycles. The van der Waals surface area contributed by atoms with Gasteiger partial charge in [0.15, 0.2) is 23.2 Å². The molecule has 1 N–H and O–H groups in total. The van der Waals surface area contributed by atoms with Crippen molar-refractivity contribution in [3.63, 3.8) is 0 Å². The summed E-state index contributed by atoms with van der Waals surface area (Å²) >= 11 is 1.77. The standard InChI is InChI=1S/C23H30N4O3S/c1-15(2)30-20-6-4-3-5-19(20)29-14-22(28)26-10-9-18-21(13-26)31-23(25-18)27-16-7-8-17(27)12-24-11-16/h3-6,15-17,24H,7-14H2,1-2H3. The van der Waals surface area contributed by atoms with Crippen LogP contribution in [0.3, 0.4) is 0 Å². The molecule has 2 unspecified atom stereocenters. The highest BCUT2D eigenvalue weighted by atomic mass is 32.1.